The Balaban J connectivity index is 0.000000431. The summed E-state index contributed by atoms with van der Waals surface area (Å²) in [6, 6.07) is 23.7. The lowest BCUT2D eigenvalue weighted by Crippen LogP contribution is -2.68. The van der Waals surface area contributed by atoms with Gasteiger partial charge >= 0.3 is 11.3 Å². The number of rotatable bonds is 2. The van der Waals surface area contributed by atoms with Crippen molar-refractivity contribution in [2.75, 3.05) is 0 Å². The number of aromatic hydroxyl groups is 1. The number of hydrogen-bond donors (Lipinski definition) is 1. The minimum absolute atomic E-state index is 0.272. The first kappa shape index (κ1) is 20.7. The van der Waals surface area contributed by atoms with Gasteiger partial charge in [-0.2, -0.15) is 0 Å². The maximum absolute atomic E-state index is 10.3. The zero-order valence-electron chi connectivity index (χ0n) is 15.4. The molecule has 0 amide bonds. The molecular weight excluding hydrogens is 396 g/mol. The van der Waals surface area contributed by atoms with E-state index in [0.29, 0.717) is 0 Å². The number of hydrogen-bond acceptors (Lipinski definition) is 5. The molecule has 0 unspecified atom stereocenters. The van der Waals surface area contributed by atoms with Crippen LogP contribution in [0.25, 0.3) is 33.4 Å². The van der Waals surface area contributed by atoms with Crippen LogP contribution >= 0.6 is 0 Å². The van der Waals surface area contributed by atoms with Gasteiger partial charge < -0.3 is 5.11 Å². The molecule has 6 nitrogen and oxygen atoms in total. The van der Waals surface area contributed by atoms with Crippen molar-refractivity contribution < 1.29 is 38.4 Å². The first-order valence-corrected chi connectivity index (χ1v) is 9.79. The summed E-state index contributed by atoms with van der Waals surface area (Å²) < 4.78 is 40.0. The number of halogens is 1. The number of allylic oxidation sites excluding steroid dienone is 1. The standard InChI is InChI=1S/C22H16O2.ClHO4/c1-15(21-13-11-17-7-3-5-9-22(17)24-21)14-19-18-8-4-2-6-16(18)10-12-20(19)23;2-1(3,4)5/h2-14H,1H3;(H,2,3,4,5). The quantitative estimate of drug-likeness (QED) is 0.496. The number of phenolic OH excluding ortho intramolecular Hbond substituents is 1. The molecule has 0 aliphatic carbocycles. The summed E-state index contributed by atoms with van der Waals surface area (Å²) in [5.41, 5.74) is 2.63. The SMILES string of the molecule is CC(=Cc1c(O)ccc2ccccc12)c1ccc2ccccc2[o+]1.[O-][Cl+3]([O-])([O-])[O-]. The number of para-hydroxylation sites is 1. The second-order valence-electron chi connectivity index (χ2n) is 6.26. The first-order chi connectivity index (χ1) is 13.7. The molecule has 4 rings (SSSR count). The maximum Gasteiger partial charge on any atom is 0.360 e. The molecule has 0 saturated carbocycles. The third-order valence-electron chi connectivity index (χ3n) is 4.25. The topological polar surface area (TPSA) is 124 Å². The van der Waals surface area contributed by atoms with E-state index in [1.54, 1.807) is 6.07 Å². The van der Waals surface area contributed by atoms with Crippen molar-refractivity contribution in [3.63, 3.8) is 0 Å². The van der Waals surface area contributed by atoms with Crippen LogP contribution in [-0.4, -0.2) is 5.11 Å². The molecular formula is C22H17ClO6. The molecule has 1 heterocycles. The fourth-order valence-corrected chi connectivity index (χ4v) is 2.96. The summed E-state index contributed by atoms with van der Waals surface area (Å²) in [5, 5.41) is 13.5. The van der Waals surface area contributed by atoms with Crippen LogP contribution in [0.4, 0.5) is 0 Å². The van der Waals surface area contributed by atoms with Gasteiger partial charge in [0.2, 0.25) is 0 Å². The van der Waals surface area contributed by atoms with E-state index in [4.69, 9.17) is 23.1 Å². The van der Waals surface area contributed by atoms with Crippen LogP contribution in [0.1, 0.15) is 18.2 Å². The van der Waals surface area contributed by atoms with Gasteiger partial charge in [0.15, 0.2) is 0 Å². The summed E-state index contributed by atoms with van der Waals surface area (Å²) in [6.45, 7) is 1.99. The summed E-state index contributed by atoms with van der Waals surface area (Å²) in [4.78, 5) is 0. The Bertz CT molecular complexity index is 1170. The second kappa shape index (κ2) is 8.57. The third kappa shape index (κ3) is 5.51. The molecule has 7 heteroatoms. The Morgan fingerprint density at radius 2 is 1.41 bits per heavy atom. The Labute approximate surface area is 168 Å². The van der Waals surface area contributed by atoms with E-state index >= 15 is 0 Å². The van der Waals surface area contributed by atoms with Crippen LogP contribution in [0.2, 0.25) is 0 Å². The fourth-order valence-electron chi connectivity index (χ4n) is 2.96. The van der Waals surface area contributed by atoms with E-state index in [1.807, 2.05) is 73.7 Å². The van der Waals surface area contributed by atoms with Crippen LogP contribution in [0, 0.1) is 10.2 Å². The maximum atomic E-state index is 10.3. The zero-order chi connectivity index (χ0) is 21.0. The monoisotopic (exact) mass is 412 g/mol. The van der Waals surface area contributed by atoms with Gasteiger partial charge in [-0.25, -0.2) is 23.1 Å². The molecule has 1 aromatic heterocycles. The predicted molar refractivity (Wildman–Crippen MR) is 99.8 cm³/mol. The highest BCUT2D eigenvalue weighted by Crippen LogP contribution is 2.31. The Hall–Kier alpha value is -3.00. The lowest BCUT2D eigenvalue weighted by molar-refractivity contribution is -2.00. The van der Waals surface area contributed by atoms with Gasteiger partial charge in [0.25, 0.3) is 0 Å². The molecule has 0 aliphatic rings. The molecule has 0 fully saturated rings. The van der Waals surface area contributed by atoms with Crippen molar-refractivity contribution >= 4 is 33.4 Å². The first-order valence-electron chi connectivity index (χ1n) is 8.55. The van der Waals surface area contributed by atoms with Crippen LogP contribution in [0.15, 0.2) is 77.2 Å². The molecule has 0 saturated heterocycles. The highest BCUT2D eigenvalue weighted by Gasteiger charge is 2.15. The van der Waals surface area contributed by atoms with Gasteiger partial charge in [-0.05, 0) is 42.0 Å². The number of benzene rings is 3. The van der Waals surface area contributed by atoms with Crippen LogP contribution in [-0.2, 0) is 0 Å². The van der Waals surface area contributed by atoms with Gasteiger partial charge in [0.05, 0.1) is 11.0 Å². The van der Waals surface area contributed by atoms with Crippen molar-refractivity contribution in [3.05, 3.63) is 84.1 Å². The lowest BCUT2D eigenvalue weighted by atomic mass is 10.0. The summed E-state index contributed by atoms with van der Waals surface area (Å²) in [7, 11) is -4.94. The van der Waals surface area contributed by atoms with Crippen molar-refractivity contribution in [1.29, 1.82) is 0 Å². The van der Waals surface area contributed by atoms with E-state index < -0.39 is 10.2 Å². The van der Waals surface area contributed by atoms with E-state index in [0.717, 1.165) is 38.6 Å². The molecule has 1 N–H and O–H groups in total. The molecule has 4 aromatic rings. The van der Waals surface area contributed by atoms with Crippen LogP contribution in [0.5, 0.6) is 5.75 Å². The number of phenols is 1. The Morgan fingerprint density at radius 3 is 2.14 bits per heavy atom. The van der Waals surface area contributed by atoms with Crippen molar-refractivity contribution in [3.8, 4) is 5.75 Å². The van der Waals surface area contributed by atoms with Crippen LogP contribution in [0.3, 0.4) is 0 Å². The highest BCUT2D eigenvalue weighted by molar-refractivity contribution is 5.97. The lowest BCUT2D eigenvalue weighted by Gasteiger charge is -2.17. The Morgan fingerprint density at radius 1 is 0.828 bits per heavy atom. The van der Waals surface area contributed by atoms with E-state index in [1.165, 1.54) is 0 Å². The third-order valence-corrected chi connectivity index (χ3v) is 4.25. The summed E-state index contributed by atoms with van der Waals surface area (Å²) >= 11 is 0. The van der Waals surface area contributed by atoms with Crippen LogP contribution < -0.4 is 18.6 Å². The minimum Gasteiger partial charge on any atom is -0.507 e. The molecule has 0 radical (unpaired) electrons. The highest BCUT2D eigenvalue weighted by atomic mass is 35.7. The normalized spacial score (nSPS) is 12.0. The molecule has 0 atom stereocenters. The zero-order valence-corrected chi connectivity index (χ0v) is 16.1. The summed E-state index contributed by atoms with van der Waals surface area (Å²) in [6.07, 6.45) is 1.98. The minimum atomic E-state index is -4.94. The van der Waals surface area contributed by atoms with E-state index in [2.05, 4.69) is 6.07 Å². The number of fused-ring (bicyclic) bond motifs is 2. The molecule has 0 spiro atoms. The van der Waals surface area contributed by atoms with Gasteiger partial charge in [0, 0.05) is 17.7 Å². The molecule has 0 aliphatic heterocycles. The molecule has 0 bridgehead atoms. The second-order valence-corrected chi connectivity index (χ2v) is 7.02. The molecule has 3 aromatic carbocycles. The molecule has 29 heavy (non-hydrogen) atoms. The van der Waals surface area contributed by atoms with Gasteiger partial charge in [-0.15, -0.1) is 10.2 Å². The van der Waals surface area contributed by atoms with Gasteiger partial charge in [-0.1, -0.05) is 42.5 Å². The average Bonchev–Trinajstić information content (AvgIpc) is 2.68. The predicted octanol–water partition coefficient (Wildman–Crippen LogP) is 1.38. The average molecular weight is 413 g/mol. The van der Waals surface area contributed by atoms with Crippen molar-refractivity contribution in [1.82, 2.24) is 0 Å². The van der Waals surface area contributed by atoms with Gasteiger partial charge in [-0.3, -0.25) is 0 Å². The van der Waals surface area contributed by atoms with Crippen molar-refractivity contribution in [2.24, 2.45) is 0 Å². The molecule has 148 valence electrons. The largest absolute Gasteiger partial charge is 0.507 e. The van der Waals surface area contributed by atoms with Crippen molar-refractivity contribution in [2.45, 2.75) is 6.92 Å². The Kier molecular flexibility index (Phi) is 6.12. The van der Waals surface area contributed by atoms with Gasteiger partial charge in [0.1, 0.15) is 5.75 Å². The van der Waals surface area contributed by atoms with E-state index in [9.17, 15) is 5.11 Å². The van der Waals surface area contributed by atoms with E-state index in [-0.39, 0.29) is 5.75 Å². The fraction of sp³-hybridized carbons (Fsp3) is 0.0455. The smallest absolute Gasteiger partial charge is 0.360 e. The summed E-state index contributed by atoms with van der Waals surface area (Å²) in [5.74, 6) is 1.06.